The van der Waals surface area contributed by atoms with Crippen molar-refractivity contribution in [1.29, 1.82) is 0 Å². The Morgan fingerprint density at radius 3 is 2.42 bits per heavy atom. The van der Waals surface area contributed by atoms with Gasteiger partial charge in [-0.1, -0.05) is 13.3 Å². The van der Waals surface area contributed by atoms with Crippen molar-refractivity contribution in [1.82, 2.24) is 5.32 Å². The summed E-state index contributed by atoms with van der Waals surface area (Å²) in [6.07, 6.45) is 2.47. The second-order valence-electron chi connectivity index (χ2n) is 2.77. The van der Waals surface area contributed by atoms with Crippen molar-refractivity contribution in [3.05, 3.63) is 0 Å². The highest BCUT2D eigenvalue weighted by Crippen LogP contribution is 1.97. The van der Waals surface area contributed by atoms with Crippen LogP contribution in [0.1, 0.15) is 39.5 Å². The van der Waals surface area contributed by atoms with E-state index >= 15 is 0 Å². The maximum atomic E-state index is 11.0. The summed E-state index contributed by atoms with van der Waals surface area (Å²) in [5.41, 5.74) is 0. The number of carbonyl (C=O) groups excluding carboxylic acids is 2. The van der Waals surface area contributed by atoms with Gasteiger partial charge in [0.05, 0.1) is 6.42 Å². The number of nitrogens with one attached hydrogen (secondary N) is 1. The molecule has 3 heteroatoms. The Labute approximate surface area is 73.5 Å². The zero-order valence-corrected chi connectivity index (χ0v) is 7.85. The lowest BCUT2D eigenvalue weighted by atomic mass is 10.1. The molecule has 0 heterocycles. The van der Waals surface area contributed by atoms with Crippen LogP contribution in [0.5, 0.6) is 0 Å². The van der Waals surface area contributed by atoms with Gasteiger partial charge >= 0.3 is 0 Å². The van der Waals surface area contributed by atoms with Gasteiger partial charge in [-0.05, 0) is 13.3 Å². The van der Waals surface area contributed by atoms with E-state index in [9.17, 15) is 9.59 Å². The van der Waals surface area contributed by atoms with E-state index in [1.165, 1.54) is 0 Å². The SMILES string of the molecule is CCCCC(=O)CC(=O)NCC. The average molecular weight is 171 g/mol. The first kappa shape index (κ1) is 11.1. The van der Waals surface area contributed by atoms with E-state index in [0.717, 1.165) is 12.8 Å². The second kappa shape index (κ2) is 6.83. The normalized spacial score (nSPS) is 9.50. The largest absolute Gasteiger partial charge is 0.356 e. The van der Waals surface area contributed by atoms with Gasteiger partial charge in [0.2, 0.25) is 5.91 Å². The van der Waals surface area contributed by atoms with Crippen LogP contribution < -0.4 is 5.32 Å². The fourth-order valence-corrected chi connectivity index (χ4v) is 0.901. The Balaban J connectivity index is 3.47. The highest BCUT2D eigenvalue weighted by atomic mass is 16.2. The summed E-state index contributed by atoms with van der Waals surface area (Å²) in [4.78, 5) is 21.9. The van der Waals surface area contributed by atoms with Crippen molar-refractivity contribution in [2.45, 2.75) is 39.5 Å². The lowest BCUT2D eigenvalue weighted by Crippen LogP contribution is -2.25. The smallest absolute Gasteiger partial charge is 0.227 e. The Kier molecular flexibility index (Phi) is 6.34. The van der Waals surface area contributed by atoms with Crippen molar-refractivity contribution in [2.24, 2.45) is 0 Å². The minimum absolute atomic E-state index is 0.0443. The fourth-order valence-electron chi connectivity index (χ4n) is 0.901. The van der Waals surface area contributed by atoms with Crippen LogP contribution in [0.3, 0.4) is 0 Å². The first-order valence-corrected chi connectivity index (χ1v) is 4.49. The van der Waals surface area contributed by atoms with Crippen molar-refractivity contribution >= 4 is 11.7 Å². The number of ketones is 1. The molecule has 0 atom stereocenters. The Morgan fingerprint density at radius 1 is 1.25 bits per heavy atom. The number of amides is 1. The minimum Gasteiger partial charge on any atom is -0.356 e. The van der Waals surface area contributed by atoms with E-state index in [2.05, 4.69) is 5.32 Å². The fraction of sp³-hybridized carbons (Fsp3) is 0.778. The maximum absolute atomic E-state index is 11.0. The Bertz CT molecular complexity index is 155. The van der Waals surface area contributed by atoms with Crippen LogP contribution in [-0.2, 0) is 9.59 Å². The van der Waals surface area contributed by atoms with Gasteiger partial charge in [-0.15, -0.1) is 0 Å². The van der Waals surface area contributed by atoms with Crippen molar-refractivity contribution in [2.75, 3.05) is 6.54 Å². The number of carbonyl (C=O) groups is 2. The molecule has 0 spiro atoms. The minimum atomic E-state index is -0.154. The van der Waals surface area contributed by atoms with Gasteiger partial charge < -0.3 is 5.32 Å². The Hall–Kier alpha value is -0.860. The molecule has 0 saturated heterocycles. The van der Waals surface area contributed by atoms with Crippen molar-refractivity contribution in [3.63, 3.8) is 0 Å². The third kappa shape index (κ3) is 5.89. The maximum Gasteiger partial charge on any atom is 0.227 e. The third-order valence-electron chi connectivity index (χ3n) is 1.54. The molecule has 0 aromatic heterocycles. The molecule has 0 bridgehead atoms. The van der Waals surface area contributed by atoms with Crippen LogP contribution >= 0.6 is 0 Å². The number of hydrogen-bond donors (Lipinski definition) is 1. The summed E-state index contributed by atoms with van der Waals surface area (Å²) in [7, 11) is 0. The first-order chi connectivity index (χ1) is 5.70. The summed E-state index contributed by atoms with van der Waals surface area (Å²) in [6.45, 7) is 4.47. The molecule has 0 unspecified atom stereocenters. The van der Waals surface area contributed by atoms with Crippen LogP contribution in [-0.4, -0.2) is 18.2 Å². The molecule has 3 nitrogen and oxygen atoms in total. The highest BCUT2D eigenvalue weighted by Gasteiger charge is 2.06. The second-order valence-corrected chi connectivity index (χ2v) is 2.77. The molecule has 0 aromatic carbocycles. The van der Waals surface area contributed by atoms with Gasteiger partial charge in [0, 0.05) is 13.0 Å². The van der Waals surface area contributed by atoms with Crippen molar-refractivity contribution < 1.29 is 9.59 Å². The first-order valence-electron chi connectivity index (χ1n) is 4.49. The lowest BCUT2D eigenvalue weighted by molar-refractivity contribution is -0.128. The van der Waals surface area contributed by atoms with Gasteiger partial charge in [-0.3, -0.25) is 9.59 Å². The molecule has 1 amide bonds. The lowest BCUT2D eigenvalue weighted by Gasteiger charge is -2.00. The van der Waals surface area contributed by atoms with E-state index < -0.39 is 0 Å². The van der Waals surface area contributed by atoms with E-state index in [4.69, 9.17) is 0 Å². The molecule has 0 radical (unpaired) electrons. The molecule has 0 fully saturated rings. The van der Waals surface area contributed by atoms with E-state index in [-0.39, 0.29) is 18.1 Å². The molecule has 0 aliphatic heterocycles. The van der Waals surface area contributed by atoms with Crippen LogP contribution in [0.15, 0.2) is 0 Å². The van der Waals surface area contributed by atoms with Crippen molar-refractivity contribution in [3.8, 4) is 0 Å². The summed E-state index contributed by atoms with van der Waals surface area (Å²) < 4.78 is 0. The zero-order chi connectivity index (χ0) is 9.40. The van der Waals surface area contributed by atoms with Crippen LogP contribution in [0.25, 0.3) is 0 Å². The molecule has 0 aliphatic rings. The standard InChI is InChI=1S/C9H17NO2/c1-3-5-6-8(11)7-9(12)10-4-2/h3-7H2,1-2H3,(H,10,12). The summed E-state index contributed by atoms with van der Waals surface area (Å²) >= 11 is 0. The molecule has 0 rings (SSSR count). The molecule has 0 aromatic rings. The molecule has 1 N–H and O–H groups in total. The monoisotopic (exact) mass is 171 g/mol. The number of unbranched alkanes of at least 4 members (excludes halogenated alkanes) is 1. The number of hydrogen-bond acceptors (Lipinski definition) is 2. The quantitative estimate of drug-likeness (QED) is 0.612. The van der Waals surface area contributed by atoms with Crippen LogP contribution in [0, 0.1) is 0 Å². The van der Waals surface area contributed by atoms with E-state index in [1.807, 2.05) is 13.8 Å². The van der Waals surface area contributed by atoms with Gasteiger partial charge in [0.1, 0.15) is 5.78 Å². The number of rotatable bonds is 6. The Morgan fingerprint density at radius 2 is 1.92 bits per heavy atom. The highest BCUT2D eigenvalue weighted by molar-refractivity contribution is 5.97. The van der Waals surface area contributed by atoms with Gasteiger partial charge in [0.25, 0.3) is 0 Å². The average Bonchev–Trinajstić information content (AvgIpc) is 2.01. The van der Waals surface area contributed by atoms with Crippen LogP contribution in [0.4, 0.5) is 0 Å². The van der Waals surface area contributed by atoms with Gasteiger partial charge in [0.15, 0.2) is 0 Å². The summed E-state index contributed by atoms with van der Waals surface area (Å²) in [6, 6.07) is 0. The van der Waals surface area contributed by atoms with Crippen LogP contribution in [0.2, 0.25) is 0 Å². The molecule has 0 aliphatic carbocycles. The van der Waals surface area contributed by atoms with Gasteiger partial charge in [-0.25, -0.2) is 0 Å². The zero-order valence-electron chi connectivity index (χ0n) is 7.85. The molecular weight excluding hydrogens is 154 g/mol. The molecule has 0 saturated carbocycles. The predicted molar refractivity (Wildman–Crippen MR) is 47.8 cm³/mol. The topological polar surface area (TPSA) is 46.2 Å². The predicted octanol–water partition coefficient (Wildman–Crippen LogP) is 1.27. The third-order valence-corrected chi connectivity index (χ3v) is 1.54. The van der Waals surface area contributed by atoms with Gasteiger partial charge in [-0.2, -0.15) is 0 Å². The molecule has 70 valence electrons. The summed E-state index contributed by atoms with van der Waals surface area (Å²) in [5.74, 6) is -0.110. The summed E-state index contributed by atoms with van der Waals surface area (Å²) in [5, 5.41) is 2.59. The number of Topliss-reactive ketones (excluding diaryl/α,β-unsaturated/α-hetero) is 1. The van der Waals surface area contributed by atoms with E-state index in [0.29, 0.717) is 13.0 Å². The molecular formula is C9H17NO2. The van der Waals surface area contributed by atoms with E-state index in [1.54, 1.807) is 0 Å². The molecule has 12 heavy (non-hydrogen) atoms.